The van der Waals surface area contributed by atoms with E-state index in [0.717, 1.165) is 29.6 Å². The zero-order valence-electron chi connectivity index (χ0n) is 23.2. The Bertz CT molecular complexity index is 1840. The zero-order valence-corrected chi connectivity index (χ0v) is 23.2. The summed E-state index contributed by atoms with van der Waals surface area (Å²) in [5.41, 5.74) is 14.6. The topological polar surface area (TPSA) is 3.24 Å². The first-order valence-corrected chi connectivity index (χ1v) is 15.6. The summed E-state index contributed by atoms with van der Waals surface area (Å²) in [5, 5.41) is 0. The molecule has 11 rings (SSSR count). The average molecular weight is 528 g/mol. The molecular formula is C40H33N. The van der Waals surface area contributed by atoms with Gasteiger partial charge in [-0.25, -0.2) is 0 Å². The molecular weight excluding hydrogens is 494 g/mol. The Hall–Kier alpha value is -4.10. The standard InChI is InChI=1S/C40H33N/c1-3-11-26(12-4-1)30-15-7-8-19-35(30)41(29-13-5-2-6-14-29)36-20-10-18-33-38(36)32-17-9-16-31-37-27-21-25-22-28(24-27)40(33,39(31)32)34(37)23-25/h1-20,25,27-28,34,37H,21-24H2. The predicted octanol–water partition coefficient (Wildman–Crippen LogP) is 10.3. The van der Waals surface area contributed by atoms with Crippen LogP contribution in [0.2, 0.25) is 0 Å². The van der Waals surface area contributed by atoms with Gasteiger partial charge in [-0.05, 0) is 107 Å². The van der Waals surface area contributed by atoms with Gasteiger partial charge in [-0.1, -0.05) is 97.1 Å². The van der Waals surface area contributed by atoms with Crippen LogP contribution in [0.25, 0.3) is 22.3 Å². The molecule has 0 aliphatic heterocycles. The van der Waals surface area contributed by atoms with Crippen molar-refractivity contribution in [2.75, 3.05) is 4.90 Å². The first-order valence-electron chi connectivity index (χ1n) is 15.6. The Morgan fingerprint density at radius 2 is 1.32 bits per heavy atom. The lowest BCUT2D eigenvalue weighted by Crippen LogP contribution is -2.54. The third-order valence-electron chi connectivity index (χ3n) is 11.7. The van der Waals surface area contributed by atoms with E-state index in [1.54, 1.807) is 16.7 Å². The summed E-state index contributed by atoms with van der Waals surface area (Å²) in [6.07, 6.45) is 5.75. The number of nitrogens with zero attached hydrogens (tertiary/aromatic N) is 1. The van der Waals surface area contributed by atoms with E-state index in [1.165, 1.54) is 65.0 Å². The summed E-state index contributed by atoms with van der Waals surface area (Å²) >= 11 is 0. The molecule has 5 aromatic carbocycles. The SMILES string of the molecule is c1ccc(-c2ccccc2N(c2ccccc2)c2cccc3c2-c2cccc4c2C32C3CC5CC(C3)C4C2C5)cc1. The van der Waals surface area contributed by atoms with Crippen LogP contribution in [0, 0.1) is 23.7 Å². The maximum atomic E-state index is 2.55. The average Bonchev–Trinajstić information content (AvgIpc) is 3.48. The number of benzene rings is 5. The molecule has 1 heteroatoms. The lowest BCUT2D eigenvalue weighted by Gasteiger charge is -2.60. The molecule has 4 fully saturated rings. The summed E-state index contributed by atoms with van der Waals surface area (Å²) in [6.45, 7) is 0. The van der Waals surface area contributed by atoms with Gasteiger partial charge in [-0.15, -0.1) is 0 Å². The third-order valence-corrected chi connectivity index (χ3v) is 11.7. The van der Waals surface area contributed by atoms with Crippen molar-refractivity contribution >= 4 is 17.1 Å². The monoisotopic (exact) mass is 527 g/mol. The second-order valence-electron chi connectivity index (χ2n) is 13.3. The molecule has 6 aliphatic carbocycles. The van der Waals surface area contributed by atoms with Crippen molar-refractivity contribution in [3.8, 4) is 22.3 Å². The predicted molar refractivity (Wildman–Crippen MR) is 168 cm³/mol. The fraction of sp³-hybridized carbons (Fsp3) is 0.250. The Morgan fingerprint density at radius 1 is 0.585 bits per heavy atom. The Morgan fingerprint density at radius 3 is 2.20 bits per heavy atom. The maximum Gasteiger partial charge on any atom is 0.0543 e. The molecule has 6 bridgehead atoms. The van der Waals surface area contributed by atoms with Crippen molar-refractivity contribution in [1.82, 2.24) is 0 Å². The Balaban J connectivity index is 1.27. The van der Waals surface area contributed by atoms with E-state index in [-0.39, 0.29) is 5.41 Å². The van der Waals surface area contributed by atoms with Crippen LogP contribution in [0.1, 0.15) is 48.3 Å². The molecule has 6 aliphatic rings. The molecule has 0 radical (unpaired) electrons. The molecule has 0 saturated heterocycles. The summed E-state index contributed by atoms with van der Waals surface area (Å²) in [5.74, 6) is 4.22. The van der Waals surface area contributed by atoms with Crippen molar-refractivity contribution in [3.05, 3.63) is 138 Å². The quantitative estimate of drug-likeness (QED) is 0.225. The van der Waals surface area contributed by atoms with Crippen LogP contribution >= 0.6 is 0 Å². The summed E-state index contributed by atoms with van der Waals surface area (Å²) < 4.78 is 0. The van der Waals surface area contributed by atoms with Crippen LogP contribution in [0.15, 0.2) is 121 Å². The molecule has 6 unspecified atom stereocenters. The fourth-order valence-corrected chi connectivity index (χ4v) is 10.8. The van der Waals surface area contributed by atoms with Gasteiger partial charge in [0.05, 0.1) is 11.4 Å². The molecule has 5 aromatic rings. The Kier molecular flexibility index (Phi) is 4.41. The van der Waals surface area contributed by atoms with Crippen LogP contribution in [0.5, 0.6) is 0 Å². The van der Waals surface area contributed by atoms with Crippen LogP contribution in [0.3, 0.4) is 0 Å². The van der Waals surface area contributed by atoms with Crippen molar-refractivity contribution in [2.45, 2.75) is 37.0 Å². The largest absolute Gasteiger partial charge is 0.309 e. The van der Waals surface area contributed by atoms with Gasteiger partial charge in [0, 0.05) is 22.2 Å². The van der Waals surface area contributed by atoms with Crippen molar-refractivity contribution in [1.29, 1.82) is 0 Å². The van der Waals surface area contributed by atoms with Crippen molar-refractivity contribution in [2.24, 2.45) is 23.7 Å². The fourth-order valence-electron chi connectivity index (χ4n) is 10.8. The van der Waals surface area contributed by atoms with Gasteiger partial charge in [0.2, 0.25) is 0 Å². The van der Waals surface area contributed by atoms with Crippen molar-refractivity contribution < 1.29 is 0 Å². The highest BCUT2D eigenvalue weighted by atomic mass is 15.1. The second-order valence-corrected chi connectivity index (χ2v) is 13.3. The van der Waals surface area contributed by atoms with E-state index >= 15 is 0 Å². The minimum absolute atomic E-state index is 0.219. The molecule has 0 N–H and O–H groups in total. The van der Waals surface area contributed by atoms with E-state index < -0.39 is 0 Å². The highest BCUT2D eigenvalue weighted by Gasteiger charge is 2.69. The molecule has 0 aromatic heterocycles. The first kappa shape index (κ1) is 22.6. The van der Waals surface area contributed by atoms with Crippen LogP contribution in [-0.4, -0.2) is 0 Å². The van der Waals surface area contributed by atoms with E-state index in [4.69, 9.17) is 0 Å². The van der Waals surface area contributed by atoms with Gasteiger partial charge in [-0.3, -0.25) is 0 Å². The summed E-state index contributed by atoms with van der Waals surface area (Å²) in [7, 11) is 0. The summed E-state index contributed by atoms with van der Waals surface area (Å²) in [4.78, 5) is 2.55. The Labute approximate surface area is 242 Å². The zero-order chi connectivity index (χ0) is 26.7. The van der Waals surface area contributed by atoms with Gasteiger partial charge in [-0.2, -0.15) is 0 Å². The number of fused-ring (bicyclic) bond motifs is 2. The molecule has 0 amide bonds. The summed E-state index contributed by atoms with van der Waals surface area (Å²) in [6, 6.07) is 45.5. The smallest absolute Gasteiger partial charge is 0.0543 e. The van der Waals surface area contributed by atoms with Gasteiger partial charge in [0.15, 0.2) is 0 Å². The van der Waals surface area contributed by atoms with Gasteiger partial charge in [0.1, 0.15) is 0 Å². The minimum atomic E-state index is 0.219. The number of hydrogen-bond acceptors (Lipinski definition) is 1. The van der Waals surface area contributed by atoms with E-state index in [0.29, 0.717) is 0 Å². The molecule has 0 heterocycles. The molecule has 4 saturated carbocycles. The van der Waals surface area contributed by atoms with Gasteiger partial charge < -0.3 is 4.90 Å². The highest BCUT2D eigenvalue weighted by molar-refractivity contribution is 5.99. The first-order chi connectivity index (χ1) is 20.3. The second kappa shape index (κ2) is 8.01. The molecule has 6 atom stereocenters. The molecule has 1 nitrogen and oxygen atoms in total. The minimum Gasteiger partial charge on any atom is -0.309 e. The number of para-hydroxylation sites is 2. The van der Waals surface area contributed by atoms with Crippen LogP contribution in [0.4, 0.5) is 17.1 Å². The molecule has 198 valence electrons. The van der Waals surface area contributed by atoms with Gasteiger partial charge in [0.25, 0.3) is 0 Å². The molecule has 41 heavy (non-hydrogen) atoms. The lowest BCUT2D eigenvalue weighted by molar-refractivity contribution is -0.0431. The number of rotatable bonds is 4. The van der Waals surface area contributed by atoms with E-state index in [1.807, 2.05) is 0 Å². The number of hydrogen-bond donors (Lipinski definition) is 0. The van der Waals surface area contributed by atoms with Crippen LogP contribution < -0.4 is 4.90 Å². The maximum absolute atomic E-state index is 2.55. The van der Waals surface area contributed by atoms with E-state index in [2.05, 4.69) is 126 Å². The van der Waals surface area contributed by atoms with Crippen LogP contribution in [-0.2, 0) is 5.41 Å². The third kappa shape index (κ3) is 2.73. The molecule has 1 spiro atoms. The normalized spacial score (nSPS) is 28.9. The van der Waals surface area contributed by atoms with E-state index in [9.17, 15) is 0 Å². The van der Waals surface area contributed by atoms with Gasteiger partial charge >= 0.3 is 0 Å². The number of anilines is 3. The highest BCUT2D eigenvalue weighted by Crippen LogP contribution is 2.78. The van der Waals surface area contributed by atoms with Crippen molar-refractivity contribution in [3.63, 3.8) is 0 Å². The lowest BCUT2D eigenvalue weighted by atomic mass is 9.43.